The largest absolute Gasteiger partial charge is 0.310 e. The minimum absolute atomic E-state index is 0.734. The van der Waals surface area contributed by atoms with Gasteiger partial charge in [-0.2, -0.15) is 9.90 Å². The van der Waals surface area contributed by atoms with Crippen LogP contribution in [0.5, 0.6) is 0 Å². The zero-order valence-electron chi connectivity index (χ0n) is 25.3. The third-order valence-electron chi connectivity index (χ3n) is 7.94. The van der Waals surface area contributed by atoms with Crippen molar-refractivity contribution in [2.24, 2.45) is 0 Å². The normalized spacial score (nSPS) is 11.3. The average molecular weight is 593 g/mol. The van der Waals surface area contributed by atoms with E-state index in [1.807, 2.05) is 66.7 Å². The van der Waals surface area contributed by atoms with E-state index >= 15 is 0 Å². The van der Waals surface area contributed by atoms with Gasteiger partial charge in [-0.3, -0.25) is 0 Å². The van der Waals surface area contributed by atoms with Crippen LogP contribution in [0.25, 0.3) is 45.1 Å². The molecule has 6 aromatic carbocycles. The Labute approximate surface area is 269 Å². The van der Waals surface area contributed by atoms with E-state index in [0.717, 1.165) is 39.6 Å². The Hall–Kier alpha value is -6.26. The highest BCUT2D eigenvalue weighted by Crippen LogP contribution is 2.33. The molecular formula is C42H32N4. The molecule has 0 aliphatic rings. The van der Waals surface area contributed by atoms with Gasteiger partial charge in [-0.25, -0.2) is 0 Å². The van der Waals surface area contributed by atoms with Crippen molar-refractivity contribution >= 4 is 17.5 Å². The van der Waals surface area contributed by atoms with Crippen molar-refractivity contribution in [2.45, 2.75) is 0 Å². The Balaban J connectivity index is 1.16. The van der Waals surface area contributed by atoms with Gasteiger partial charge in [0.15, 0.2) is 0 Å². The summed E-state index contributed by atoms with van der Waals surface area (Å²) in [6.07, 6.45) is 5.65. The van der Waals surface area contributed by atoms with E-state index in [-0.39, 0.29) is 0 Å². The van der Waals surface area contributed by atoms with Gasteiger partial charge in [-0.1, -0.05) is 134 Å². The van der Waals surface area contributed by atoms with E-state index in [1.54, 1.807) is 11.0 Å². The highest BCUT2D eigenvalue weighted by atomic mass is 15.5. The molecule has 0 bridgehead atoms. The minimum Gasteiger partial charge on any atom is -0.310 e. The summed E-state index contributed by atoms with van der Waals surface area (Å²) >= 11 is 0. The monoisotopic (exact) mass is 592 g/mol. The summed E-state index contributed by atoms with van der Waals surface area (Å²) in [5.74, 6) is 0. The molecule has 0 atom stereocenters. The van der Waals surface area contributed by atoms with Gasteiger partial charge < -0.3 is 4.90 Å². The number of hydrogen-bond acceptors (Lipinski definition) is 3. The fourth-order valence-electron chi connectivity index (χ4n) is 5.56. The molecule has 1 aromatic heterocycles. The zero-order valence-corrected chi connectivity index (χ0v) is 25.3. The van der Waals surface area contributed by atoms with Crippen LogP contribution in [0.3, 0.4) is 0 Å². The number of para-hydroxylation sites is 1. The molecule has 0 radical (unpaired) electrons. The van der Waals surface area contributed by atoms with Crippen molar-refractivity contribution in [3.05, 3.63) is 194 Å². The summed E-state index contributed by atoms with van der Waals surface area (Å²) in [6.45, 7) is 4.17. The van der Waals surface area contributed by atoms with Crippen LogP contribution in [0.1, 0.15) is 5.69 Å². The molecule has 7 aromatic rings. The second-order valence-corrected chi connectivity index (χ2v) is 10.9. The van der Waals surface area contributed by atoms with Crippen LogP contribution in [0.2, 0.25) is 0 Å². The fraction of sp³-hybridized carbons (Fsp3) is 0. The van der Waals surface area contributed by atoms with Gasteiger partial charge in [0.05, 0.1) is 11.9 Å². The number of anilines is 2. The molecule has 4 nitrogen and oxygen atoms in total. The Morgan fingerprint density at radius 2 is 0.913 bits per heavy atom. The average Bonchev–Trinajstić information content (AvgIpc) is 3.61. The lowest BCUT2D eigenvalue weighted by Gasteiger charge is -2.26. The van der Waals surface area contributed by atoms with Crippen molar-refractivity contribution in [2.75, 3.05) is 4.90 Å². The summed E-state index contributed by atoms with van der Waals surface area (Å²) < 4.78 is 0. The molecule has 0 fully saturated rings. The first-order valence-corrected chi connectivity index (χ1v) is 15.3. The topological polar surface area (TPSA) is 34.0 Å². The smallest absolute Gasteiger partial charge is 0.108 e. The molecule has 0 unspecified atom stereocenters. The van der Waals surface area contributed by atoms with Crippen molar-refractivity contribution in [1.29, 1.82) is 0 Å². The third kappa shape index (κ3) is 6.19. The Bertz CT molecular complexity index is 2060. The lowest BCUT2D eigenvalue weighted by molar-refractivity contribution is 0.750. The van der Waals surface area contributed by atoms with Crippen LogP contribution in [-0.4, -0.2) is 15.0 Å². The van der Waals surface area contributed by atoms with E-state index in [4.69, 9.17) is 5.10 Å². The molecule has 4 heteroatoms. The minimum atomic E-state index is 0.734. The molecule has 0 N–H and O–H groups in total. The zero-order chi connectivity index (χ0) is 31.1. The van der Waals surface area contributed by atoms with E-state index in [2.05, 4.69) is 126 Å². The van der Waals surface area contributed by atoms with Gasteiger partial charge in [0.1, 0.15) is 5.69 Å². The summed E-state index contributed by atoms with van der Waals surface area (Å²) in [7, 11) is 0. The SMILES string of the molecule is C=C/C(=C\c1cnn(-c2ccc(-c3ccccc3)cc2)n1)N(c1ccccc1)c1ccc(-c2ccc(-c3ccccc3)cc2)cc1. The van der Waals surface area contributed by atoms with Crippen LogP contribution in [0.4, 0.5) is 11.4 Å². The number of allylic oxidation sites excluding steroid dienone is 1. The molecule has 220 valence electrons. The molecule has 1 heterocycles. The Morgan fingerprint density at radius 3 is 1.41 bits per heavy atom. The van der Waals surface area contributed by atoms with Gasteiger partial charge in [0.2, 0.25) is 0 Å². The summed E-state index contributed by atoms with van der Waals surface area (Å²) in [4.78, 5) is 3.84. The fourth-order valence-corrected chi connectivity index (χ4v) is 5.56. The first-order chi connectivity index (χ1) is 22.7. The Morgan fingerprint density at radius 1 is 0.500 bits per heavy atom. The summed E-state index contributed by atoms with van der Waals surface area (Å²) in [5, 5.41) is 9.34. The standard InChI is InChI=1S/C42H32N4/c1-2-39(30-38-31-43-46(44-38)42-28-24-36(25-29-42)33-14-8-4-9-15-33)45(40-16-10-5-11-17-40)41-26-22-37(23-27-41)35-20-18-34(19-21-35)32-12-6-3-7-13-32/h2-31H,1H2/b39-30+. The number of benzene rings is 6. The van der Waals surface area contributed by atoms with Gasteiger partial charge >= 0.3 is 0 Å². The van der Waals surface area contributed by atoms with Crippen LogP contribution in [-0.2, 0) is 0 Å². The molecule has 0 amide bonds. The van der Waals surface area contributed by atoms with E-state index in [0.29, 0.717) is 0 Å². The van der Waals surface area contributed by atoms with Gasteiger partial charge in [0.25, 0.3) is 0 Å². The van der Waals surface area contributed by atoms with E-state index in [9.17, 15) is 0 Å². The lowest BCUT2D eigenvalue weighted by atomic mass is 10.00. The maximum absolute atomic E-state index is 4.78. The number of hydrogen-bond donors (Lipinski definition) is 0. The van der Waals surface area contributed by atoms with Crippen LogP contribution < -0.4 is 4.90 Å². The lowest BCUT2D eigenvalue weighted by Crippen LogP contribution is -2.15. The second kappa shape index (κ2) is 13.2. The highest BCUT2D eigenvalue weighted by Gasteiger charge is 2.14. The molecule has 46 heavy (non-hydrogen) atoms. The summed E-state index contributed by atoms with van der Waals surface area (Å²) in [6, 6.07) is 56.7. The molecule has 0 aliphatic carbocycles. The predicted octanol–water partition coefficient (Wildman–Crippen LogP) is 10.6. The molecule has 0 saturated carbocycles. The molecular weight excluding hydrogens is 560 g/mol. The molecule has 0 spiro atoms. The van der Waals surface area contributed by atoms with Crippen molar-refractivity contribution in [1.82, 2.24) is 15.0 Å². The van der Waals surface area contributed by atoms with Crippen molar-refractivity contribution in [3.8, 4) is 39.1 Å². The maximum atomic E-state index is 4.78. The predicted molar refractivity (Wildman–Crippen MR) is 191 cm³/mol. The number of nitrogens with zero attached hydrogens (tertiary/aromatic N) is 4. The first kappa shape index (κ1) is 28.5. The Kier molecular flexibility index (Phi) is 8.16. The van der Waals surface area contributed by atoms with Crippen molar-refractivity contribution in [3.63, 3.8) is 0 Å². The molecule has 0 saturated heterocycles. The van der Waals surface area contributed by atoms with Gasteiger partial charge in [-0.15, -0.1) is 5.10 Å². The third-order valence-corrected chi connectivity index (χ3v) is 7.94. The van der Waals surface area contributed by atoms with Crippen LogP contribution >= 0.6 is 0 Å². The quantitative estimate of drug-likeness (QED) is 0.156. The van der Waals surface area contributed by atoms with Crippen LogP contribution in [0.15, 0.2) is 188 Å². The maximum Gasteiger partial charge on any atom is 0.108 e. The van der Waals surface area contributed by atoms with Gasteiger partial charge in [-0.05, 0) is 81.9 Å². The van der Waals surface area contributed by atoms with E-state index < -0.39 is 0 Å². The first-order valence-electron chi connectivity index (χ1n) is 15.3. The van der Waals surface area contributed by atoms with E-state index in [1.165, 1.54) is 22.3 Å². The second-order valence-electron chi connectivity index (χ2n) is 10.9. The molecule has 7 rings (SSSR count). The number of aromatic nitrogens is 3. The molecule has 0 aliphatic heterocycles. The highest BCUT2D eigenvalue weighted by molar-refractivity contribution is 5.77. The number of rotatable bonds is 9. The summed E-state index contributed by atoms with van der Waals surface area (Å²) in [5.41, 5.74) is 11.6. The van der Waals surface area contributed by atoms with Gasteiger partial charge in [0, 0.05) is 17.1 Å². The van der Waals surface area contributed by atoms with Crippen molar-refractivity contribution < 1.29 is 0 Å². The van der Waals surface area contributed by atoms with Crippen LogP contribution in [0, 0.1) is 0 Å².